The smallest absolute Gasteiger partial charge is 0.191 e. The van der Waals surface area contributed by atoms with Gasteiger partial charge in [0.1, 0.15) is 0 Å². The van der Waals surface area contributed by atoms with Crippen molar-refractivity contribution in [3.05, 3.63) is 46.8 Å². The first-order valence-corrected chi connectivity index (χ1v) is 9.29. The third-order valence-corrected chi connectivity index (χ3v) is 5.31. The van der Waals surface area contributed by atoms with Crippen molar-refractivity contribution in [2.75, 3.05) is 25.0 Å². The van der Waals surface area contributed by atoms with Crippen molar-refractivity contribution < 1.29 is 0 Å². The number of nitrogens with one attached hydrogen (secondary N) is 2. The highest BCUT2D eigenvalue weighted by Crippen LogP contribution is 2.31. The van der Waals surface area contributed by atoms with Gasteiger partial charge in [-0.25, -0.2) is 0 Å². The van der Waals surface area contributed by atoms with Gasteiger partial charge < -0.3 is 15.5 Å². The number of aromatic nitrogens is 2. The number of rotatable bonds is 5. The fraction of sp³-hybridized carbons (Fsp3) is 0.500. The summed E-state index contributed by atoms with van der Waals surface area (Å²) in [6.07, 6.45) is 1.13. The molecule has 0 bridgehead atoms. The summed E-state index contributed by atoms with van der Waals surface area (Å²) in [5.41, 5.74) is 6.30. The van der Waals surface area contributed by atoms with Crippen LogP contribution in [0.1, 0.15) is 29.4 Å². The van der Waals surface area contributed by atoms with E-state index < -0.39 is 0 Å². The molecule has 0 fully saturated rings. The molecule has 0 saturated heterocycles. The standard InChI is InChI=1S/C20H30N6/c1-14-12-17-8-6-7-9-19(17)26(14)11-10-22-20(21-4)23-13-18-15(2)24-25(5)16(18)3/h6-9,14H,10-13H2,1-5H3,(H2,21,22,23). The van der Waals surface area contributed by atoms with E-state index in [2.05, 4.69) is 63.7 Å². The highest BCUT2D eigenvalue weighted by molar-refractivity contribution is 5.79. The second kappa shape index (κ2) is 7.81. The molecule has 0 saturated carbocycles. The molecule has 6 nitrogen and oxygen atoms in total. The average Bonchev–Trinajstić information content (AvgIpc) is 3.07. The number of hydrogen-bond acceptors (Lipinski definition) is 3. The molecule has 1 atom stereocenters. The molecule has 2 N–H and O–H groups in total. The minimum absolute atomic E-state index is 0.546. The minimum Gasteiger partial charge on any atom is -0.367 e. The van der Waals surface area contributed by atoms with Crippen LogP contribution in [0, 0.1) is 13.8 Å². The van der Waals surface area contributed by atoms with Crippen molar-refractivity contribution in [3.63, 3.8) is 0 Å². The number of hydrogen-bond donors (Lipinski definition) is 2. The monoisotopic (exact) mass is 354 g/mol. The van der Waals surface area contributed by atoms with Gasteiger partial charge >= 0.3 is 0 Å². The van der Waals surface area contributed by atoms with Gasteiger partial charge in [-0.1, -0.05) is 18.2 Å². The minimum atomic E-state index is 0.546. The summed E-state index contributed by atoms with van der Waals surface area (Å²) in [5.74, 6) is 0.827. The summed E-state index contributed by atoms with van der Waals surface area (Å²) in [7, 11) is 3.79. The predicted molar refractivity (Wildman–Crippen MR) is 108 cm³/mol. The lowest BCUT2D eigenvalue weighted by molar-refractivity contribution is 0.656. The van der Waals surface area contributed by atoms with Gasteiger partial charge in [0.2, 0.25) is 0 Å². The Morgan fingerprint density at radius 2 is 2.04 bits per heavy atom. The summed E-state index contributed by atoms with van der Waals surface area (Å²) in [6.45, 7) is 8.98. The van der Waals surface area contributed by atoms with Gasteiger partial charge in [-0.3, -0.25) is 9.67 Å². The average molecular weight is 355 g/mol. The number of guanidine groups is 1. The molecule has 2 heterocycles. The summed E-state index contributed by atoms with van der Waals surface area (Å²) in [4.78, 5) is 6.82. The lowest BCUT2D eigenvalue weighted by Crippen LogP contribution is -2.42. The molecule has 0 aliphatic carbocycles. The van der Waals surface area contributed by atoms with E-state index >= 15 is 0 Å². The van der Waals surface area contributed by atoms with E-state index in [-0.39, 0.29) is 0 Å². The van der Waals surface area contributed by atoms with Crippen LogP contribution >= 0.6 is 0 Å². The molecular weight excluding hydrogens is 324 g/mol. The van der Waals surface area contributed by atoms with Crippen molar-refractivity contribution >= 4 is 11.6 Å². The zero-order chi connectivity index (χ0) is 18.7. The molecule has 0 radical (unpaired) electrons. The Hall–Kier alpha value is -2.50. The number of aryl methyl sites for hydroxylation is 2. The van der Waals surface area contributed by atoms with Crippen molar-refractivity contribution in [2.24, 2.45) is 12.0 Å². The molecule has 140 valence electrons. The summed E-state index contributed by atoms with van der Waals surface area (Å²) in [5, 5.41) is 11.3. The van der Waals surface area contributed by atoms with Crippen LogP contribution in [0.4, 0.5) is 5.69 Å². The normalized spacial score (nSPS) is 16.7. The van der Waals surface area contributed by atoms with Crippen LogP contribution in [0.25, 0.3) is 0 Å². The SMILES string of the molecule is CN=C(NCCN1c2ccccc2CC1C)NCc1c(C)nn(C)c1C. The topological polar surface area (TPSA) is 57.5 Å². The quantitative estimate of drug-likeness (QED) is 0.638. The molecule has 26 heavy (non-hydrogen) atoms. The predicted octanol–water partition coefficient (Wildman–Crippen LogP) is 2.15. The fourth-order valence-corrected chi connectivity index (χ4v) is 3.73. The van der Waals surface area contributed by atoms with Crippen LogP contribution in [-0.2, 0) is 20.0 Å². The van der Waals surface area contributed by atoms with E-state index in [1.807, 2.05) is 25.7 Å². The zero-order valence-electron chi connectivity index (χ0n) is 16.5. The van der Waals surface area contributed by atoms with Gasteiger partial charge in [0.05, 0.1) is 5.69 Å². The summed E-state index contributed by atoms with van der Waals surface area (Å²) >= 11 is 0. The maximum absolute atomic E-state index is 4.47. The van der Waals surface area contributed by atoms with E-state index in [0.29, 0.717) is 6.04 Å². The van der Waals surface area contributed by atoms with E-state index in [4.69, 9.17) is 0 Å². The molecule has 1 aliphatic heterocycles. The molecule has 1 unspecified atom stereocenters. The molecule has 6 heteroatoms. The molecule has 1 aliphatic rings. The lowest BCUT2D eigenvalue weighted by Gasteiger charge is -2.25. The number of benzene rings is 1. The third kappa shape index (κ3) is 3.69. The van der Waals surface area contributed by atoms with Gasteiger partial charge in [-0.05, 0) is 38.8 Å². The summed E-state index contributed by atoms with van der Waals surface area (Å²) in [6, 6.07) is 9.25. The zero-order valence-corrected chi connectivity index (χ0v) is 16.5. The second-order valence-corrected chi connectivity index (χ2v) is 7.00. The van der Waals surface area contributed by atoms with Crippen LogP contribution in [0.2, 0.25) is 0 Å². The Balaban J connectivity index is 1.52. The van der Waals surface area contributed by atoms with E-state index in [1.165, 1.54) is 22.5 Å². The van der Waals surface area contributed by atoms with Crippen molar-refractivity contribution in [1.29, 1.82) is 0 Å². The van der Waals surface area contributed by atoms with Crippen LogP contribution in [0.5, 0.6) is 0 Å². The van der Waals surface area contributed by atoms with Crippen LogP contribution in [-0.4, -0.2) is 41.9 Å². The number of fused-ring (bicyclic) bond motifs is 1. The molecular formula is C20H30N6. The van der Waals surface area contributed by atoms with E-state index in [0.717, 1.165) is 37.7 Å². The Bertz CT molecular complexity index is 792. The molecule has 0 spiro atoms. The van der Waals surface area contributed by atoms with Gasteiger partial charge in [0.15, 0.2) is 5.96 Å². The van der Waals surface area contributed by atoms with Crippen molar-refractivity contribution in [1.82, 2.24) is 20.4 Å². The van der Waals surface area contributed by atoms with Gasteiger partial charge in [0, 0.05) is 56.7 Å². The molecule has 2 aromatic rings. The van der Waals surface area contributed by atoms with E-state index in [1.54, 1.807) is 0 Å². The Kier molecular flexibility index (Phi) is 5.49. The fourth-order valence-electron chi connectivity index (χ4n) is 3.73. The van der Waals surface area contributed by atoms with Gasteiger partial charge in [-0.15, -0.1) is 0 Å². The molecule has 0 amide bonds. The lowest BCUT2D eigenvalue weighted by atomic mass is 10.1. The number of anilines is 1. The van der Waals surface area contributed by atoms with Crippen molar-refractivity contribution in [2.45, 2.75) is 39.8 Å². The molecule has 3 rings (SSSR count). The molecule has 1 aromatic heterocycles. The van der Waals surface area contributed by atoms with Crippen molar-refractivity contribution in [3.8, 4) is 0 Å². The molecule has 1 aromatic carbocycles. The second-order valence-electron chi connectivity index (χ2n) is 7.00. The highest BCUT2D eigenvalue weighted by Gasteiger charge is 2.24. The van der Waals surface area contributed by atoms with Gasteiger partial charge in [0.25, 0.3) is 0 Å². The van der Waals surface area contributed by atoms with Crippen LogP contribution in [0.15, 0.2) is 29.3 Å². The highest BCUT2D eigenvalue weighted by atomic mass is 15.3. The maximum atomic E-state index is 4.47. The number of aliphatic imine (C=N–C) groups is 1. The summed E-state index contributed by atoms with van der Waals surface area (Å²) < 4.78 is 1.93. The first kappa shape index (κ1) is 18.3. The maximum Gasteiger partial charge on any atom is 0.191 e. The Morgan fingerprint density at radius 3 is 2.73 bits per heavy atom. The first-order valence-electron chi connectivity index (χ1n) is 9.29. The largest absolute Gasteiger partial charge is 0.367 e. The number of para-hydroxylation sites is 1. The van der Waals surface area contributed by atoms with Crippen LogP contribution < -0.4 is 15.5 Å². The van der Waals surface area contributed by atoms with E-state index in [9.17, 15) is 0 Å². The first-order chi connectivity index (χ1) is 12.5. The Morgan fingerprint density at radius 1 is 1.27 bits per heavy atom. The van der Waals surface area contributed by atoms with Gasteiger partial charge in [-0.2, -0.15) is 5.10 Å². The number of nitrogens with zero attached hydrogens (tertiary/aromatic N) is 4. The third-order valence-electron chi connectivity index (χ3n) is 5.31. The van der Waals surface area contributed by atoms with Crippen LogP contribution in [0.3, 0.4) is 0 Å². The Labute approximate surface area is 156 Å².